The maximum absolute atomic E-state index is 12.1. The molecule has 0 aliphatic carbocycles. The third kappa shape index (κ3) is 5.33. The van der Waals surface area contributed by atoms with Crippen LogP contribution in [-0.2, 0) is 4.79 Å². The Bertz CT molecular complexity index is 458. The molecule has 21 heavy (non-hydrogen) atoms. The Morgan fingerprint density at radius 3 is 3.00 bits per heavy atom. The van der Waals surface area contributed by atoms with Gasteiger partial charge in [0.25, 0.3) is 0 Å². The molecule has 0 radical (unpaired) electrons. The second-order valence-corrected chi connectivity index (χ2v) is 6.21. The average Bonchev–Trinajstić information content (AvgIpc) is 2.51. The van der Waals surface area contributed by atoms with Crippen molar-refractivity contribution in [3.63, 3.8) is 0 Å². The van der Waals surface area contributed by atoms with E-state index in [2.05, 4.69) is 17.6 Å². The zero-order chi connectivity index (χ0) is 15.1. The third-order valence-corrected chi connectivity index (χ3v) is 4.36. The lowest BCUT2D eigenvalue weighted by Gasteiger charge is -2.24. The van der Waals surface area contributed by atoms with Gasteiger partial charge in [-0.25, -0.2) is 0 Å². The maximum atomic E-state index is 12.1. The molecule has 2 unspecified atom stereocenters. The Kier molecular flexibility index (Phi) is 6.52. The van der Waals surface area contributed by atoms with E-state index in [-0.39, 0.29) is 11.9 Å². The van der Waals surface area contributed by atoms with Crippen LogP contribution in [0.5, 0.6) is 0 Å². The molecule has 1 saturated heterocycles. The fourth-order valence-corrected chi connectivity index (χ4v) is 3.09. The first-order valence-corrected chi connectivity index (χ1v) is 8.35. The number of piperidine rings is 1. The van der Waals surface area contributed by atoms with Gasteiger partial charge < -0.3 is 10.6 Å². The molecule has 2 rings (SSSR count). The minimum atomic E-state index is 0.0514. The van der Waals surface area contributed by atoms with Gasteiger partial charge in [0, 0.05) is 17.5 Å². The van der Waals surface area contributed by atoms with Gasteiger partial charge in [-0.05, 0) is 49.9 Å². The van der Waals surface area contributed by atoms with E-state index in [1.165, 1.54) is 19.3 Å². The van der Waals surface area contributed by atoms with Crippen LogP contribution in [0.25, 0.3) is 0 Å². The van der Waals surface area contributed by atoms with Crippen molar-refractivity contribution >= 4 is 17.5 Å². The number of halogens is 1. The molecule has 116 valence electrons. The molecule has 1 heterocycles. The number of rotatable bonds is 6. The van der Waals surface area contributed by atoms with Gasteiger partial charge in [0.05, 0.1) is 6.04 Å². The van der Waals surface area contributed by atoms with E-state index >= 15 is 0 Å². The highest BCUT2D eigenvalue weighted by Gasteiger charge is 2.16. The Morgan fingerprint density at radius 2 is 2.33 bits per heavy atom. The number of hydrogen-bond donors (Lipinski definition) is 2. The number of benzene rings is 1. The van der Waals surface area contributed by atoms with Crippen LogP contribution in [0.4, 0.5) is 0 Å². The van der Waals surface area contributed by atoms with Crippen LogP contribution in [0, 0.1) is 0 Å². The lowest BCUT2D eigenvalue weighted by atomic mass is 10.00. The minimum Gasteiger partial charge on any atom is -0.349 e. The van der Waals surface area contributed by atoms with Gasteiger partial charge in [0.15, 0.2) is 0 Å². The van der Waals surface area contributed by atoms with Crippen molar-refractivity contribution in [3.05, 3.63) is 34.9 Å². The van der Waals surface area contributed by atoms with Crippen molar-refractivity contribution < 1.29 is 4.79 Å². The summed E-state index contributed by atoms with van der Waals surface area (Å²) in [5, 5.41) is 7.32. The normalized spacial score (nSPS) is 20.0. The van der Waals surface area contributed by atoms with Gasteiger partial charge in [-0.1, -0.05) is 37.1 Å². The predicted molar refractivity (Wildman–Crippen MR) is 87.5 cm³/mol. The highest BCUT2D eigenvalue weighted by molar-refractivity contribution is 6.30. The van der Waals surface area contributed by atoms with Crippen LogP contribution in [0.15, 0.2) is 24.3 Å². The van der Waals surface area contributed by atoms with E-state index in [4.69, 9.17) is 11.6 Å². The second-order valence-electron chi connectivity index (χ2n) is 5.77. The van der Waals surface area contributed by atoms with Gasteiger partial charge >= 0.3 is 0 Å². The monoisotopic (exact) mass is 308 g/mol. The smallest absolute Gasteiger partial charge is 0.220 e. The number of carbonyl (C=O) groups is 1. The van der Waals surface area contributed by atoms with E-state index < -0.39 is 0 Å². The van der Waals surface area contributed by atoms with Gasteiger partial charge in [-0.15, -0.1) is 0 Å². The van der Waals surface area contributed by atoms with Gasteiger partial charge in [0.1, 0.15) is 0 Å². The van der Waals surface area contributed by atoms with Gasteiger partial charge in [0.2, 0.25) is 5.91 Å². The van der Waals surface area contributed by atoms with Crippen molar-refractivity contribution in [2.24, 2.45) is 0 Å². The van der Waals surface area contributed by atoms with Crippen LogP contribution in [-0.4, -0.2) is 18.5 Å². The first-order chi connectivity index (χ1) is 10.2. The van der Waals surface area contributed by atoms with Gasteiger partial charge in [-0.3, -0.25) is 4.79 Å². The molecule has 3 nitrogen and oxygen atoms in total. The molecular weight excluding hydrogens is 284 g/mol. The van der Waals surface area contributed by atoms with Crippen molar-refractivity contribution in [1.82, 2.24) is 10.6 Å². The molecular formula is C17H25ClN2O. The molecule has 1 fully saturated rings. The average molecular weight is 309 g/mol. The van der Waals surface area contributed by atoms with Gasteiger partial charge in [-0.2, -0.15) is 0 Å². The van der Waals surface area contributed by atoms with Crippen LogP contribution in [0.3, 0.4) is 0 Å². The molecule has 0 spiro atoms. The van der Waals surface area contributed by atoms with E-state index in [0.717, 1.165) is 24.9 Å². The summed E-state index contributed by atoms with van der Waals surface area (Å²) in [7, 11) is 0. The minimum absolute atomic E-state index is 0.0514. The SMILES string of the molecule is CCC(NC(=O)CCC1CCCCN1)c1cccc(Cl)c1. The van der Waals surface area contributed by atoms with E-state index in [9.17, 15) is 4.79 Å². The molecule has 2 atom stereocenters. The molecule has 1 aliphatic rings. The highest BCUT2D eigenvalue weighted by atomic mass is 35.5. The van der Waals surface area contributed by atoms with Crippen LogP contribution < -0.4 is 10.6 Å². The highest BCUT2D eigenvalue weighted by Crippen LogP contribution is 2.20. The molecule has 1 aromatic carbocycles. The van der Waals surface area contributed by atoms with E-state index in [1.54, 1.807) is 0 Å². The summed E-state index contributed by atoms with van der Waals surface area (Å²) in [6.45, 7) is 3.17. The first-order valence-electron chi connectivity index (χ1n) is 7.97. The van der Waals surface area contributed by atoms with Crippen molar-refractivity contribution in [3.8, 4) is 0 Å². The Labute approximate surface area is 132 Å². The summed E-state index contributed by atoms with van der Waals surface area (Å²) >= 11 is 6.02. The summed E-state index contributed by atoms with van der Waals surface area (Å²) in [6.07, 6.45) is 6.12. The van der Waals surface area contributed by atoms with Crippen molar-refractivity contribution in [2.45, 2.75) is 57.5 Å². The number of nitrogens with one attached hydrogen (secondary N) is 2. The zero-order valence-corrected chi connectivity index (χ0v) is 13.5. The molecule has 1 aliphatic heterocycles. The molecule has 1 amide bonds. The number of hydrogen-bond acceptors (Lipinski definition) is 2. The fraction of sp³-hybridized carbons (Fsp3) is 0.588. The van der Waals surface area contributed by atoms with Crippen LogP contribution in [0.1, 0.15) is 57.1 Å². The van der Waals surface area contributed by atoms with E-state index in [0.29, 0.717) is 17.5 Å². The molecule has 2 N–H and O–H groups in total. The summed E-state index contributed by atoms with van der Waals surface area (Å²) < 4.78 is 0. The van der Waals surface area contributed by atoms with Crippen LogP contribution in [0.2, 0.25) is 5.02 Å². The maximum Gasteiger partial charge on any atom is 0.220 e. The Morgan fingerprint density at radius 1 is 1.48 bits per heavy atom. The first kappa shape index (κ1) is 16.3. The lowest BCUT2D eigenvalue weighted by Crippen LogP contribution is -2.36. The molecule has 4 heteroatoms. The fourth-order valence-electron chi connectivity index (χ4n) is 2.89. The number of amides is 1. The molecule has 0 bridgehead atoms. The second kappa shape index (κ2) is 8.40. The molecule has 0 saturated carbocycles. The Hall–Kier alpha value is -1.06. The molecule has 0 aromatic heterocycles. The number of carbonyl (C=O) groups excluding carboxylic acids is 1. The third-order valence-electron chi connectivity index (χ3n) is 4.13. The predicted octanol–water partition coefficient (Wildman–Crippen LogP) is 3.83. The Balaban J connectivity index is 1.82. The largest absolute Gasteiger partial charge is 0.349 e. The quantitative estimate of drug-likeness (QED) is 0.838. The summed E-state index contributed by atoms with van der Waals surface area (Å²) in [5.41, 5.74) is 1.08. The molecule has 1 aromatic rings. The van der Waals surface area contributed by atoms with E-state index in [1.807, 2.05) is 24.3 Å². The zero-order valence-electron chi connectivity index (χ0n) is 12.7. The van der Waals surface area contributed by atoms with Crippen LogP contribution >= 0.6 is 11.6 Å². The lowest BCUT2D eigenvalue weighted by molar-refractivity contribution is -0.122. The standard InChI is InChI=1S/C17H25ClN2O/c1-2-16(13-6-5-7-14(18)12-13)20-17(21)10-9-15-8-3-4-11-19-15/h5-7,12,15-16,19H,2-4,8-11H2,1H3,(H,20,21). The van der Waals surface area contributed by atoms with Crippen molar-refractivity contribution in [1.29, 1.82) is 0 Å². The van der Waals surface area contributed by atoms with Crippen molar-refractivity contribution in [2.75, 3.05) is 6.54 Å². The summed E-state index contributed by atoms with van der Waals surface area (Å²) in [4.78, 5) is 12.1. The topological polar surface area (TPSA) is 41.1 Å². The summed E-state index contributed by atoms with van der Waals surface area (Å²) in [6, 6.07) is 8.29. The summed E-state index contributed by atoms with van der Waals surface area (Å²) in [5.74, 6) is 0.134.